The van der Waals surface area contributed by atoms with Gasteiger partial charge in [0, 0.05) is 23.1 Å². The fourth-order valence-corrected chi connectivity index (χ4v) is 4.00. The molecule has 0 atom stereocenters. The topological polar surface area (TPSA) is 44.2 Å². The average Bonchev–Trinajstić information content (AvgIpc) is 2.86. The Morgan fingerprint density at radius 3 is 1.91 bits per heavy atom. The molecule has 0 spiro atoms. The Labute approximate surface area is 202 Å². The van der Waals surface area contributed by atoms with Crippen LogP contribution in [0.1, 0.15) is 27.7 Å². The SMILES string of the molecule is CC1(C)COB(c2cccc(-c3cc(-c4ccccc4)nc(-c4ccccc4)n3)c2)OC1(C)C. The molecule has 1 aliphatic rings. The van der Waals surface area contributed by atoms with Crippen molar-refractivity contribution in [3.8, 4) is 33.9 Å². The third kappa shape index (κ3) is 4.41. The smallest absolute Gasteiger partial charge is 0.407 e. The van der Waals surface area contributed by atoms with E-state index in [1.54, 1.807) is 0 Å². The van der Waals surface area contributed by atoms with E-state index in [1.807, 2.05) is 54.6 Å². The van der Waals surface area contributed by atoms with E-state index in [0.29, 0.717) is 12.4 Å². The predicted molar refractivity (Wildman–Crippen MR) is 139 cm³/mol. The van der Waals surface area contributed by atoms with Crippen molar-refractivity contribution in [1.29, 1.82) is 0 Å². The summed E-state index contributed by atoms with van der Waals surface area (Å²) in [6.07, 6.45) is 0. The van der Waals surface area contributed by atoms with Crippen LogP contribution in [0.5, 0.6) is 0 Å². The number of benzene rings is 3. The maximum Gasteiger partial charge on any atom is 0.494 e. The first kappa shape index (κ1) is 22.5. The summed E-state index contributed by atoms with van der Waals surface area (Å²) >= 11 is 0. The van der Waals surface area contributed by atoms with Gasteiger partial charge in [0.1, 0.15) is 0 Å². The summed E-state index contributed by atoms with van der Waals surface area (Å²) in [5.41, 5.74) is 5.42. The monoisotopic (exact) mass is 448 g/mol. The molecule has 2 heterocycles. The van der Waals surface area contributed by atoms with E-state index in [4.69, 9.17) is 19.3 Å². The van der Waals surface area contributed by atoms with E-state index in [9.17, 15) is 0 Å². The van der Waals surface area contributed by atoms with E-state index in [2.05, 4.69) is 64.1 Å². The molecule has 4 nitrogen and oxygen atoms in total. The van der Waals surface area contributed by atoms with Crippen molar-refractivity contribution in [1.82, 2.24) is 9.97 Å². The minimum atomic E-state index is -0.410. The van der Waals surface area contributed by atoms with Gasteiger partial charge in [0.15, 0.2) is 5.82 Å². The molecule has 1 aromatic heterocycles. The Balaban J connectivity index is 1.56. The number of rotatable bonds is 4. The molecule has 1 fully saturated rings. The lowest BCUT2D eigenvalue weighted by atomic mass is 9.69. The Hall–Kier alpha value is -3.28. The van der Waals surface area contributed by atoms with Gasteiger partial charge in [-0.3, -0.25) is 0 Å². The van der Waals surface area contributed by atoms with E-state index >= 15 is 0 Å². The molecule has 0 radical (unpaired) electrons. The number of nitrogens with zero attached hydrogens (tertiary/aromatic N) is 2. The third-order valence-corrected chi connectivity index (χ3v) is 6.91. The van der Waals surface area contributed by atoms with Crippen LogP contribution >= 0.6 is 0 Å². The van der Waals surface area contributed by atoms with Crippen molar-refractivity contribution in [3.05, 3.63) is 91.0 Å². The zero-order valence-electron chi connectivity index (χ0n) is 20.2. The molecular formula is C29H29BN2O2. The fourth-order valence-electron chi connectivity index (χ4n) is 4.00. The normalized spacial score (nSPS) is 16.9. The minimum absolute atomic E-state index is 0.0665. The van der Waals surface area contributed by atoms with E-state index in [-0.39, 0.29) is 11.0 Å². The van der Waals surface area contributed by atoms with Crippen LogP contribution in [0.25, 0.3) is 33.9 Å². The van der Waals surface area contributed by atoms with Crippen LogP contribution in [0.2, 0.25) is 0 Å². The fraction of sp³-hybridized carbons (Fsp3) is 0.241. The number of hydrogen-bond donors (Lipinski definition) is 0. The zero-order valence-corrected chi connectivity index (χ0v) is 20.2. The Kier molecular flexibility index (Phi) is 5.84. The molecule has 0 aliphatic carbocycles. The molecule has 4 aromatic rings. The van der Waals surface area contributed by atoms with Crippen molar-refractivity contribution < 1.29 is 9.31 Å². The van der Waals surface area contributed by atoms with E-state index in [1.165, 1.54) is 0 Å². The highest BCUT2D eigenvalue weighted by atomic mass is 16.6. The van der Waals surface area contributed by atoms with Gasteiger partial charge in [-0.05, 0) is 30.9 Å². The van der Waals surface area contributed by atoms with Crippen LogP contribution in [-0.4, -0.2) is 29.3 Å². The maximum atomic E-state index is 6.40. The predicted octanol–water partition coefficient (Wildman–Crippen LogP) is 6.02. The largest absolute Gasteiger partial charge is 0.494 e. The second-order valence-corrected chi connectivity index (χ2v) is 9.97. The Morgan fingerprint density at radius 2 is 1.26 bits per heavy atom. The molecule has 1 saturated heterocycles. The van der Waals surface area contributed by atoms with Crippen molar-refractivity contribution in [2.24, 2.45) is 5.41 Å². The standard InChI is InChI=1S/C29H29BN2O2/c1-28(2)20-33-30(34-29(28,3)4)24-17-11-16-23(18-24)26-19-25(21-12-7-5-8-13-21)31-27(32-26)22-14-9-6-10-15-22/h5-19H,20H2,1-4H3. The van der Waals surface area contributed by atoms with Crippen molar-refractivity contribution >= 4 is 12.6 Å². The van der Waals surface area contributed by atoms with Crippen LogP contribution in [-0.2, 0) is 9.31 Å². The van der Waals surface area contributed by atoms with Crippen LogP contribution in [0.3, 0.4) is 0 Å². The van der Waals surface area contributed by atoms with Crippen molar-refractivity contribution in [2.45, 2.75) is 33.3 Å². The van der Waals surface area contributed by atoms with Gasteiger partial charge in [0.25, 0.3) is 0 Å². The molecule has 5 heteroatoms. The summed E-state index contributed by atoms with van der Waals surface area (Å²) in [6.45, 7) is 9.26. The lowest BCUT2D eigenvalue weighted by molar-refractivity contribution is -0.0937. The molecule has 3 aromatic carbocycles. The van der Waals surface area contributed by atoms with E-state index in [0.717, 1.165) is 33.5 Å². The first-order valence-electron chi connectivity index (χ1n) is 11.7. The average molecular weight is 448 g/mol. The second-order valence-electron chi connectivity index (χ2n) is 9.97. The van der Waals surface area contributed by atoms with Crippen LogP contribution in [0, 0.1) is 5.41 Å². The van der Waals surface area contributed by atoms with Gasteiger partial charge in [0.2, 0.25) is 0 Å². The first-order chi connectivity index (χ1) is 16.3. The minimum Gasteiger partial charge on any atom is -0.407 e. The summed E-state index contributed by atoms with van der Waals surface area (Å²) in [7, 11) is -0.410. The van der Waals surface area contributed by atoms with Gasteiger partial charge in [-0.15, -0.1) is 0 Å². The molecular weight excluding hydrogens is 419 g/mol. The van der Waals surface area contributed by atoms with E-state index < -0.39 is 7.12 Å². The van der Waals surface area contributed by atoms with Crippen LogP contribution in [0.15, 0.2) is 91.0 Å². The van der Waals surface area contributed by atoms with Gasteiger partial charge < -0.3 is 9.31 Å². The van der Waals surface area contributed by atoms with Gasteiger partial charge in [-0.25, -0.2) is 9.97 Å². The molecule has 0 unspecified atom stereocenters. The molecule has 34 heavy (non-hydrogen) atoms. The summed E-state index contributed by atoms with van der Waals surface area (Å²) in [4.78, 5) is 9.83. The highest BCUT2D eigenvalue weighted by Crippen LogP contribution is 2.38. The molecule has 0 bridgehead atoms. The molecule has 0 N–H and O–H groups in total. The number of hydrogen-bond acceptors (Lipinski definition) is 4. The number of aromatic nitrogens is 2. The Morgan fingerprint density at radius 1 is 0.676 bits per heavy atom. The van der Waals surface area contributed by atoms with Crippen molar-refractivity contribution in [2.75, 3.05) is 6.61 Å². The highest BCUT2D eigenvalue weighted by Gasteiger charge is 2.46. The third-order valence-electron chi connectivity index (χ3n) is 6.91. The van der Waals surface area contributed by atoms with Gasteiger partial charge in [0.05, 0.1) is 17.0 Å². The molecule has 0 saturated carbocycles. The van der Waals surface area contributed by atoms with Gasteiger partial charge >= 0.3 is 7.12 Å². The lowest BCUT2D eigenvalue weighted by Crippen LogP contribution is -2.58. The summed E-state index contributed by atoms with van der Waals surface area (Å²) in [6, 6.07) is 30.7. The first-order valence-corrected chi connectivity index (χ1v) is 11.7. The second kappa shape index (κ2) is 8.82. The summed E-state index contributed by atoms with van der Waals surface area (Å²) in [5, 5.41) is 0. The van der Waals surface area contributed by atoms with Crippen LogP contribution in [0.4, 0.5) is 0 Å². The van der Waals surface area contributed by atoms with Gasteiger partial charge in [-0.2, -0.15) is 0 Å². The molecule has 5 rings (SSSR count). The highest BCUT2D eigenvalue weighted by molar-refractivity contribution is 6.61. The maximum absolute atomic E-state index is 6.40. The lowest BCUT2D eigenvalue weighted by Gasteiger charge is -2.47. The molecule has 0 amide bonds. The quantitative estimate of drug-likeness (QED) is 0.358. The van der Waals surface area contributed by atoms with Gasteiger partial charge in [-0.1, -0.05) is 98.8 Å². The molecule has 170 valence electrons. The zero-order chi connectivity index (χ0) is 23.8. The summed E-state index contributed by atoms with van der Waals surface area (Å²) in [5.74, 6) is 0.704. The molecule has 1 aliphatic heterocycles. The van der Waals surface area contributed by atoms with Crippen molar-refractivity contribution in [3.63, 3.8) is 0 Å². The summed E-state index contributed by atoms with van der Waals surface area (Å²) < 4.78 is 12.5. The Bertz CT molecular complexity index is 1230. The van der Waals surface area contributed by atoms with Crippen LogP contribution < -0.4 is 5.46 Å².